The molecule has 0 unspecified atom stereocenters. The maximum absolute atomic E-state index is 7.32. The second-order valence-electron chi connectivity index (χ2n) is 5.13. The van der Waals surface area contributed by atoms with Crippen molar-refractivity contribution in [1.82, 2.24) is 4.90 Å². The molecule has 5 heteroatoms. The van der Waals surface area contributed by atoms with E-state index in [0.717, 1.165) is 24.6 Å². The van der Waals surface area contributed by atoms with Gasteiger partial charge in [-0.25, -0.2) is 0 Å². The molecule has 0 saturated carbocycles. The molecule has 0 aliphatic carbocycles. The van der Waals surface area contributed by atoms with Gasteiger partial charge >= 0.3 is 0 Å². The number of hydrogen-bond acceptors (Lipinski definition) is 4. The molecule has 5 nitrogen and oxygen atoms in total. The van der Waals surface area contributed by atoms with Gasteiger partial charge in [-0.2, -0.15) is 0 Å². The fourth-order valence-electron chi connectivity index (χ4n) is 2.01. The molecule has 0 aliphatic heterocycles. The first-order chi connectivity index (χ1) is 10.0. The topological polar surface area (TPSA) is 71.6 Å². The summed E-state index contributed by atoms with van der Waals surface area (Å²) in [4.78, 5) is 2.25. The highest BCUT2D eigenvalue weighted by atomic mass is 16.5. The molecule has 0 heterocycles. The molecule has 1 aromatic rings. The van der Waals surface area contributed by atoms with Crippen LogP contribution < -0.4 is 15.2 Å². The SMILES string of the molecule is CCOc1ccccc1OCCN(CCC(=N)N)C(C)C. The summed E-state index contributed by atoms with van der Waals surface area (Å²) in [5, 5.41) is 7.32. The molecule has 0 aromatic heterocycles. The summed E-state index contributed by atoms with van der Waals surface area (Å²) in [7, 11) is 0. The summed E-state index contributed by atoms with van der Waals surface area (Å²) in [5.41, 5.74) is 5.42. The van der Waals surface area contributed by atoms with Gasteiger partial charge in [-0.1, -0.05) is 12.1 Å². The monoisotopic (exact) mass is 293 g/mol. The lowest BCUT2D eigenvalue weighted by Gasteiger charge is -2.26. The van der Waals surface area contributed by atoms with Crippen molar-refractivity contribution in [3.05, 3.63) is 24.3 Å². The zero-order valence-corrected chi connectivity index (χ0v) is 13.3. The second kappa shape index (κ2) is 9.23. The van der Waals surface area contributed by atoms with Crippen LogP contribution >= 0.6 is 0 Å². The van der Waals surface area contributed by atoms with Crippen LogP contribution in [-0.4, -0.2) is 43.1 Å². The Labute approximate surface area is 127 Å². The highest BCUT2D eigenvalue weighted by Gasteiger charge is 2.10. The van der Waals surface area contributed by atoms with Crippen molar-refractivity contribution in [3.8, 4) is 11.5 Å². The quantitative estimate of drug-likeness (QED) is 0.513. The third kappa shape index (κ3) is 6.49. The number of nitrogens with one attached hydrogen (secondary N) is 1. The molecular weight excluding hydrogens is 266 g/mol. The van der Waals surface area contributed by atoms with Crippen molar-refractivity contribution in [2.75, 3.05) is 26.3 Å². The number of benzene rings is 1. The van der Waals surface area contributed by atoms with Crippen LogP contribution in [0.25, 0.3) is 0 Å². The van der Waals surface area contributed by atoms with Crippen molar-refractivity contribution in [2.24, 2.45) is 5.73 Å². The van der Waals surface area contributed by atoms with Crippen LogP contribution in [0.5, 0.6) is 11.5 Å². The summed E-state index contributed by atoms with van der Waals surface area (Å²) < 4.78 is 11.4. The second-order valence-corrected chi connectivity index (χ2v) is 5.13. The number of amidine groups is 1. The lowest BCUT2D eigenvalue weighted by atomic mass is 10.2. The van der Waals surface area contributed by atoms with Gasteiger partial charge in [0.05, 0.1) is 12.4 Å². The van der Waals surface area contributed by atoms with E-state index < -0.39 is 0 Å². The number of hydrogen-bond donors (Lipinski definition) is 2. The van der Waals surface area contributed by atoms with E-state index in [1.165, 1.54) is 0 Å². The van der Waals surface area contributed by atoms with Gasteiger partial charge in [-0.3, -0.25) is 10.3 Å². The Morgan fingerprint density at radius 2 is 1.81 bits per heavy atom. The van der Waals surface area contributed by atoms with Crippen LogP contribution in [-0.2, 0) is 0 Å². The van der Waals surface area contributed by atoms with Crippen LogP contribution in [0.4, 0.5) is 0 Å². The summed E-state index contributed by atoms with van der Waals surface area (Å²) in [6, 6.07) is 8.10. The fraction of sp³-hybridized carbons (Fsp3) is 0.562. The average Bonchev–Trinajstić information content (AvgIpc) is 2.44. The molecular formula is C16H27N3O2. The molecule has 1 rings (SSSR count). The van der Waals surface area contributed by atoms with Crippen molar-refractivity contribution in [2.45, 2.75) is 33.2 Å². The van der Waals surface area contributed by atoms with Gasteiger partial charge in [0, 0.05) is 25.6 Å². The van der Waals surface area contributed by atoms with E-state index in [4.69, 9.17) is 20.6 Å². The summed E-state index contributed by atoms with van der Waals surface area (Å²) in [6.45, 7) is 9.01. The summed E-state index contributed by atoms with van der Waals surface area (Å²) >= 11 is 0. The molecule has 0 bridgehead atoms. The highest BCUT2D eigenvalue weighted by molar-refractivity contribution is 5.76. The third-order valence-corrected chi connectivity index (χ3v) is 3.18. The minimum atomic E-state index is 0.225. The largest absolute Gasteiger partial charge is 0.490 e. The van der Waals surface area contributed by atoms with Gasteiger partial charge in [0.25, 0.3) is 0 Å². The third-order valence-electron chi connectivity index (χ3n) is 3.18. The molecule has 0 amide bonds. The number of ether oxygens (including phenoxy) is 2. The lowest BCUT2D eigenvalue weighted by Crippen LogP contribution is -2.36. The summed E-state index contributed by atoms with van der Waals surface area (Å²) in [5.74, 6) is 1.78. The maximum atomic E-state index is 7.32. The molecule has 0 saturated heterocycles. The minimum Gasteiger partial charge on any atom is -0.490 e. The highest BCUT2D eigenvalue weighted by Crippen LogP contribution is 2.26. The molecule has 118 valence electrons. The number of nitrogens with zero attached hydrogens (tertiary/aromatic N) is 1. The minimum absolute atomic E-state index is 0.225. The van der Waals surface area contributed by atoms with Crippen molar-refractivity contribution >= 4 is 5.84 Å². The smallest absolute Gasteiger partial charge is 0.161 e. The number of nitrogens with two attached hydrogens (primary N) is 1. The molecule has 0 aliphatic rings. The normalized spacial score (nSPS) is 10.9. The van der Waals surface area contributed by atoms with Crippen molar-refractivity contribution in [3.63, 3.8) is 0 Å². The molecule has 0 atom stereocenters. The van der Waals surface area contributed by atoms with Gasteiger partial charge in [0.1, 0.15) is 6.61 Å². The Morgan fingerprint density at radius 3 is 2.33 bits per heavy atom. The van der Waals surface area contributed by atoms with E-state index in [-0.39, 0.29) is 5.84 Å². The predicted octanol–water partition coefficient (Wildman–Crippen LogP) is 2.50. The zero-order valence-electron chi connectivity index (χ0n) is 13.3. The van der Waals surface area contributed by atoms with Crippen molar-refractivity contribution < 1.29 is 9.47 Å². The van der Waals surface area contributed by atoms with Gasteiger partial charge in [0.2, 0.25) is 0 Å². The van der Waals surface area contributed by atoms with Crippen LogP contribution in [0.15, 0.2) is 24.3 Å². The average molecular weight is 293 g/mol. The van der Waals surface area contributed by atoms with Gasteiger partial charge < -0.3 is 15.2 Å². The van der Waals surface area contributed by atoms with Crippen LogP contribution in [0.2, 0.25) is 0 Å². The van der Waals surface area contributed by atoms with Gasteiger partial charge in [-0.05, 0) is 32.9 Å². The molecule has 0 fully saturated rings. The first kappa shape index (κ1) is 17.3. The first-order valence-corrected chi connectivity index (χ1v) is 7.46. The van der Waals surface area contributed by atoms with Gasteiger partial charge in [-0.15, -0.1) is 0 Å². The van der Waals surface area contributed by atoms with Crippen LogP contribution in [0.3, 0.4) is 0 Å². The Balaban J connectivity index is 2.48. The predicted molar refractivity (Wildman–Crippen MR) is 86.3 cm³/mol. The molecule has 3 N–H and O–H groups in total. The lowest BCUT2D eigenvalue weighted by molar-refractivity contribution is 0.176. The Kier molecular flexibility index (Phi) is 7.61. The molecule has 21 heavy (non-hydrogen) atoms. The number of para-hydroxylation sites is 2. The Bertz CT molecular complexity index is 435. The van der Waals surface area contributed by atoms with E-state index >= 15 is 0 Å². The standard InChI is InChI=1S/C16H27N3O2/c1-4-20-14-7-5-6-8-15(14)21-12-11-19(13(2)3)10-9-16(17)18/h5-8,13H,4,9-12H2,1-3H3,(H3,17,18). The van der Waals surface area contributed by atoms with E-state index in [9.17, 15) is 0 Å². The van der Waals surface area contributed by atoms with E-state index in [0.29, 0.717) is 25.7 Å². The number of rotatable bonds is 10. The molecule has 1 aromatic carbocycles. The maximum Gasteiger partial charge on any atom is 0.161 e. The first-order valence-electron chi connectivity index (χ1n) is 7.46. The van der Waals surface area contributed by atoms with Gasteiger partial charge in [0.15, 0.2) is 11.5 Å². The Morgan fingerprint density at radius 1 is 1.19 bits per heavy atom. The zero-order chi connectivity index (χ0) is 15.7. The van der Waals surface area contributed by atoms with Crippen molar-refractivity contribution in [1.29, 1.82) is 5.41 Å². The van der Waals surface area contributed by atoms with Crippen LogP contribution in [0, 0.1) is 5.41 Å². The van der Waals surface area contributed by atoms with Crippen LogP contribution in [0.1, 0.15) is 27.2 Å². The van der Waals surface area contributed by atoms with E-state index in [2.05, 4.69) is 18.7 Å². The Hall–Kier alpha value is -1.75. The van der Waals surface area contributed by atoms with E-state index in [1.54, 1.807) is 0 Å². The fourth-order valence-corrected chi connectivity index (χ4v) is 2.01. The molecule has 0 radical (unpaired) electrons. The molecule has 0 spiro atoms. The van der Waals surface area contributed by atoms with E-state index in [1.807, 2.05) is 31.2 Å². The summed E-state index contributed by atoms with van der Waals surface area (Å²) in [6.07, 6.45) is 0.591.